The summed E-state index contributed by atoms with van der Waals surface area (Å²) >= 11 is 0. The summed E-state index contributed by atoms with van der Waals surface area (Å²) in [5.74, 6) is -1.13. The van der Waals surface area contributed by atoms with E-state index in [-0.39, 0.29) is 12.6 Å². The zero-order valence-corrected chi connectivity index (χ0v) is 10.8. The van der Waals surface area contributed by atoms with E-state index in [0.29, 0.717) is 12.2 Å². The Labute approximate surface area is 106 Å². The van der Waals surface area contributed by atoms with E-state index in [9.17, 15) is 4.79 Å². The lowest BCUT2D eigenvalue weighted by molar-refractivity contribution is -0.199. The molecular weight excluding hydrogens is 238 g/mol. The number of hydrogen-bond acceptors (Lipinski definition) is 6. The van der Waals surface area contributed by atoms with E-state index in [1.54, 1.807) is 20.8 Å². The van der Waals surface area contributed by atoms with Crippen molar-refractivity contribution in [1.82, 2.24) is 0 Å². The first kappa shape index (κ1) is 13.5. The van der Waals surface area contributed by atoms with E-state index < -0.39 is 24.2 Å². The van der Waals surface area contributed by atoms with Crippen LogP contribution in [0.15, 0.2) is 11.6 Å². The number of hydrogen-bond donors (Lipinski definition) is 1. The molecule has 0 saturated carbocycles. The first-order valence-corrected chi connectivity index (χ1v) is 6.06. The van der Waals surface area contributed by atoms with Crippen LogP contribution in [0.5, 0.6) is 0 Å². The average Bonchev–Trinajstić information content (AvgIpc) is 2.72. The monoisotopic (exact) mass is 257 g/mol. The van der Waals surface area contributed by atoms with Crippen molar-refractivity contribution in [2.24, 2.45) is 5.73 Å². The number of ether oxygens (including phenoxy) is 4. The van der Waals surface area contributed by atoms with Gasteiger partial charge < -0.3 is 24.7 Å². The van der Waals surface area contributed by atoms with Crippen molar-refractivity contribution in [3.63, 3.8) is 0 Å². The first-order valence-electron chi connectivity index (χ1n) is 6.06. The van der Waals surface area contributed by atoms with Gasteiger partial charge in [-0.05, 0) is 20.8 Å². The summed E-state index contributed by atoms with van der Waals surface area (Å²) in [5.41, 5.74) is 6.30. The zero-order chi connectivity index (χ0) is 13.3. The third-order valence-electron chi connectivity index (χ3n) is 2.84. The van der Waals surface area contributed by atoms with Gasteiger partial charge in [-0.1, -0.05) is 0 Å². The minimum atomic E-state index is -0.720. The largest absolute Gasteiger partial charge is 0.463 e. The Morgan fingerprint density at radius 3 is 2.83 bits per heavy atom. The fourth-order valence-electron chi connectivity index (χ4n) is 2.17. The van der Waals surface area contributed by atoms with Gasteiger partial charge >= 0.3 is 5.97 Å². The van der Waals surface area contributed by atoms with Gasteiger partial charge in [-0.3, -0.25) is 0 Å². The molecule has 0 bridgehead atoms. The molecule has 0 aliphatic carbocycles. The van der Waals surface area contributed by atoms with Crippen LogP contribution in [0.1, 0.15) is 20.8 Å². The Kier molecular flexibility index (Phi) is 3.72. The molecule has 2 saturated heterocycles. The van der Waals surface area contributed by atoms with Crippen molar-refractivity contribution in [1.29, 1.82) is 0 Å². The van der Waals surface area contributed by atoms with Crippen LogP contribution in [-0.4, -0.2) is 43.4 Å². The average molecular weight is 257 g/mol. The van der Waals surface area contributed by atoms with Crippen molar-refractivity contribution in [2.45, 2.75) is 45.1 Å². The molecule has 2 fully saturated rings. The molecule has 2 heterocycles. The molecule has 2 aliphatic rings. The highest BCUT2D eigenvalue weighted by Gasteiger charge is 2.51. The fourth-order valence-corrected chi connectivity index (χ4v) is 2.17. The predicted octanol–water partition coefficient (Wildman–Crippen LogP) is 0.311. The molecule has 18 heavy (non-hydrogen) atoms. The Morgan fingerprint density at radius 2 is 2.22 bits per heavy atom. The number of carbonyl (C=O) groups excluding carboxylic acids is 1. The summed E-state index contributed by atoms with van der Waals surface area (Å²) in [7, 11) is 0. The maximum absolute atomic E-state index is 11.5. The van der Waals surface area contributed by atoms with Crippen LogP contribution in [0.4, 0.5) is 0 Å². The van der Waals surface area contributed by atoms with Gasteiger partial charge in [0, 0.05) is 18.2 Å². The van der Waals surface area contributed by atoms with Gasteiger partial charge in [-0.25, -0.2) is 4.79 Å². The predicted molar refractivity (Wildman–Crippen MR) is 62.5 cm³/mol. The van der Waals surface area contributed by atoms with Crippen molar-refractivity contribution in [3.05, 3.63) is 11.6 Å². The Hall–Kier alpha value is -0.950. The lowest BCUT2D eigenvalue weighted by atomic mass is 10.1. The minimum Gasteiger partial charge on any atom is -0.463 e. The normalized spacial score (nSPS) is 35.8. The quantitative estimate of drug-likeness (QED) is 0.579. The van der Waals surface area contributed by atoms with Crippen LogP contribution in [0, 0.1) is 0 Å². The van der Waals surface area contributed by atoms with E-state index in [0.717, 1.165) is 0 Å². The highest BCUT2D eigenvalue weighted by Crippen LogP contribution is 2.40. The second kappa shape index (κ2) is 4.97. The van der Waals surface area contributed by atoms with Gasteiger partial charge in [0.05, 0.1) is 12.7 Å². The van der Waals surface area contributed by atoms with E-state index in [1.165, 1.54) is 6.08 Å². The summed E-state index contributed by atoms with van der Waals surface area (Å²) < 4.78 is 21.8. The Morgan fingerprint density at radius 1 is 1.50 bits per heavy atom. The summed E-state index contributed by atoms with van der Waals surface area (Å²) in [5, 5.41) is 0. The van der Waals surface area contributed by atoms with E-state index >= 15 is 0 Å². The topological polar surface area (TPSA) is 80.0 Å². The number of carbonyl (C=O) groups is 1. The summed E-state index contributed by atoms with van der Waals surface area (Å²) in [6.07, 6.45) is 0.142. The van der Waals surface area contributed by atoms with Crippen LogP contribution >= 0.6 is 0 Å². The fraction of sp³-hybridized carbons (Fsp3) is 0.750. The Balaban J connectivity index is 2.17. The van der Waals surface area contributed by atoms with E-state index in [2.05, 4.69) is 0 Å². The van der Waals surface area contributed by atoms with Gasteiger partial charge in [0.1, 0.15) is 6.10 Å². The standard InChI is InChI=1S/C12H19NO5/c1-4-15-9(14)5-7-8(6-13)16-11-10(7)17-12(2,3)18-11/h5,8,10-11H,4,6,13H2,1-3H3/b7-5-/t8-,10-,11-/m1/s1. The van der Waals surface area contributed by atoms with Crippen molar-refractivity contribution >= 4 is 5.97 Å². The second-order valence-corrected chi connectivity index (χ2v) is 4.68. The number of fused-ring (bicyclic) bond motifs is 1. The van der Waals surface area contributed by atoms with Crippen LogP contribution in [0.2, 0.25) is 0 Å². The molecule has 2 aliphatic heterocycles. The molecule has 6 nitrogen and oxygen atoms in total. The third kappa shape index (κ3) is 2.56. The van der Waals surface area contributed by atoms with Crippen LogP contribution in [-0.2, 0) is 23.7 Å². The minimum absolute atomic E-state index is 0.269. The van der Waals surface area contributed by atoms with Crippen LogP contribution in [0.3, 0.4) is 0 Å². The maximum atomic E-state index is 11.5. The molecule has 0 amide bonds. The van der Waals surface area contributed by atoms with Crippen LogP contribution in [0.25, 0.3) is 0 Å². The molecule has 0 unspecified atom stereocenters. The van der Waals surface area contributed by atoms with Gasteiger partial charge in [0.15, 0.2) is 12.1 Å². The second-order valence-electron chi connectivity index (χ2n) is 4.68. The third-order valence-corrected chi connectivity index (χ3v) is 2.84. The van der Waals surface area contributed by atoms with Crippen molar-refractivity contribution in [3.8, 4) is 0 Å². The molecule has 6 heteroatoms. The number of rotatable bonds is 3. The van der Waals surface area contributed by atoms with Crippen molar-refractivity contribution < 1.29 is 23.7 Å². The lowest BCUT2D eigenvalue weighted by Gasteiger charge is -2.21. The summed E-state index contributed by atoms with van der Waals surface area (Å²) in [6.45, 7) is 5.95. The lowest BCUT2D eigenvalue weighted by Crippen LogP contribution is -2.29. The molecule has 0 aromatic carbocycles. The maximum Gasteiger partial charge on any atom is 0.330 e. The van der Waals surface area contributed by atoms with Crippen LogP contribution < -0.4 is 5.73 Å². The molecule has 0 spiro atoms. The number of nitrogens with two attached hydrogens (primary N) is 1. The molecular formula is C12H19NO5. The molecule has 3 atom stereocenters. The Bertz CT molecular complexity index is 365. The number of esters is 1. The SMILES string of the molecule is CCOC(=O)/C=C1\[C@H]2OC(C)(C)O[C@H]2O[C@@H]1CN. The molecule has 102 valence electrons. The zero-order valence-electron chi connectivity index (χ0n) is 10.8. The molecule has 0 aromatic rings. The van der Waals surface area contributed by atoms with Gasteiger partial charge in [-0.15, -0.1) is 0 Å². The first-order chi connectivity index (χ1) is 8.46. The molecule has 2 rings (SSSR count). The van der Waals surface area contributed by atoms with Crippen molar-refractivity contribution in [2.75, 3.05) is 13.2 Å². The summed E-state index contributed by atoms with van der Waals surface area (Å²) in [6, 6.07) is 0. The summed E-state index contributed by atoms with van der Waals surface area (Å²) in [4.78, 5) is 11.5. The molecule has 0 radical (unpaired) electrons. The van der Waals surface area contributed by atoms with E-state index in [1.807, 2.05) is 0 Å². The van der Waals surface area contributed by atoms with Gasteiger partial charge in [0.25, 0.3) is 0 Å². The smallest absolute Gasteiger partial charge is 0.330 e. The van der Waals surface area contributed by atoms with Gasteiger partial charge in [0.2, 0.25) is 0 Å². The highest BCUT2D eigenvalue weighted by molar-refractivity contribution is 5.83. The highest BCUT2D eigenvalue weighted by atomic mass is 16.8. The van der Waals surface area contributed by atoms with E-state index in [4.69, 9.17) is 24.7 Å². The molecule has 2 N–H and O–H groups in total. The molecule has 0 aromatic heterocycles. The van der Waals surface area contributed by atoms with Gasteiger partial charge in [-0.2, -0.15) is 0 Å².